The number of nitrogens with two attached hydrogens (primary N) is 1. The summed E-state index contributed by atoms with van der Waals surface area (Å²) >= 11 is 0. The maximum absolute atomic E-state index is 12.4. The Kier molecular flexibility index (Phi) is 4.30. The summed E-state index contributed by atoms with van der Waals surface area (Å²) in [6.07, 6.45) is 1.55. The predicted octanol–water partition coefficient (Wildman–Crippen LogP) is 2.07. The van der Waals surface area contributed by atoms with Crippen LogP contribution in [-0.4, -0.2) is 28.5 Å². The summed E-state index contributed by atoms with van der Waals surface area (Å²) in [6, 6.07) is 4.44. The van der Waals surface area contributed by atoms with Crippen LogP contribution in [0.4, 0.5) is 0 Å². The van der Waals surface area contributed by atoms with Gasteiger partial charge in [0, 0.05) is 30.9 Å². The minimum Gasteiger partial charge on any atom is -0.345 e. The summed E-state index contributed by atoms with van der Waals surface area (Å²) in [4.78, 5) is 14.4. The molecular formula is C15H25N3O. The summed E-state index contributed by atoms with van der Waals surface area (Å²) in [5.74, 6) is 0.560. The Balaban J connectivity index is 2.09. The lowest BCUT2D eigenvalue weighted by Gasteiger charge is -2.36. The maximum atomic E-state index is 12.4. The summed E-state index contributed by atoms with van der Waals surface area (Å²) in [6.45, 7) is 8.65. The summed E-state index contributed by atoms with van der Waals surface area (Å²) in [7, 11) is 0. The van der Waals surface area contributed by atoms with E-state index in [4.69, 9.17) is 5.73 Å². The molecule has 106 valence electrons. The molecule has 19 heavy (non-hydrogen) atoms. The smallest absolute Gasteiger partial charge is 0.223 e. The van der Waals surface area contributed by atoms with Gasteiger partial charge in [-0.2, -0.15) is 0 Å². The Bertz CT molecular complexity index is 448. The van der Waals surface area contributed by atoms with Gasteiger partial charge in [0.05, 0.1) is 6.04 Å². The van der Waals surface area contributed by atoms with E-state index in [0.29, 0.717) is 18.9 Å². The molecule has 2 rings (SSSR count). The van der Waals surface area contributed by atoms with E-state index in [1.165, 1.54) is 11.4 Å². The van der Waals surface area contributed by atoms with Gasteiger partial charge in [-0.25, -0.2) is 0 Å². The van der Waals surface area contributed by atoms with Crippen LogP contribution >= 0.6 is 0 Å². The van der Waals surface area contributed by atoms with Gasteiger partial charge in [-0.1, -0.05) is 13.3 Å². The van der Waals surface area contributed by atoms with E-state index < -0.39 is 0 Å². The van der Waals surface area contributed by atoms with E-state index in [1.807, 2.05) is 4.90 Å². The highest BCUT2D eigenvalue weighted by molar-refractivity contribution is 5.77. The van der Waals surface area contributed by atoms with Crippen molar-refractivity contribution >= 4 is 5.91 Å². The first-order valence-corrected chi connectivity index (χ1v) is 7.24. The molecule has 0 aliphatic carbocycles. The van der Waals surface area contributed by atoms with Gasteiger partial charge < -0.3 is 15.2 Å². The molecule has 0 fully saturated rings. The lowest BCUT2D eigenvalue weighted by molar-refractivity contribution is -0.135. The van der Waals surface area contributed by atoms with Gasteiger partial charge in [-0.3, -0.25) is 4.79 Å². The minimum absolute atomic E-state index is 0.172. The van der Waals surface area contributed by atoms with Gasteiger partial charge in [-0.15, -0.1) is 0 Å². The fraction of sp³-hybridized carbons (Fsp3) is 0.667. The van der Waals surface area contributed by atoms with Crippen LogP contribution < -0.4 is 5.73 Å². The second kappa shape index (κ2) is 5.78. The topological polar surface area (TPSA) is 51.3 Å². The van der Waals surface area contributed by atoms with Crippen molar-refractivity contribution in [3.63, 3.8) is 0 Å². The molecule has 1 aliphatic rings. The molecule has 0 radical (unpaired) electrons. The molecule has 2 atom stereocenters. The van der Waals surface area contributed by atoms with E-state index in [1.54, 1.807) is 0 Å². The van der Waals surface area contributed by atoms with Crippen molar-refractivity contribution in [1.29, 1.82) is 0 Å². The zero-order valence-corrected chi connectivity index (χ0v) is 12.2. The Morgan fingerprint density at radius 3 is 2.84 bits per heavy atom. The van der Waals surface area contributed by atoms with Gasteiger partial charge in [-0.05, 0) is 38.4 Å². The second-order valence-electron chi connectivity index (χ2n) is 5.53. The van der Waals surface area contributed by atoms with Crippen LogP contribution in [0.15, 0.2) is 12.1 Å². The Morgan fingerprint density at radius 1 is 1.47 bits per heavy atom. The molecule has 2 heterocycles. The van der Waals surface area contributed by atoms with Crippen molar-refractivity contribution in [1.82, 2.24) is 9.47 Å². The molecule has 1 aliphatic heterocycles. The van der Waals surface area contributed by atoms with Crippen molar-refractivity contribution in [3.05, 3.63) is 23.5 Å². The van der Waals surface area contributed by atoms with Gasteiger partial charge >= 0.3 is 0 Å². The van der Waals surface area contributed by atoms with Crippen LogP contribution in [0.2, 0.25) is 0 Å². The third-order valence-corrected chi connectivity index (χ3v) is 4.39. The van der Waals surface area contributed by atoms with Gasteiger partial charge in [0.1, 0.15) is 0 Å². The molecule has 4 nitrogen and oxygen atoms in total. The third kappa shape index (κ3) is 2.68. The average molecular weight is 263 g/mol. The minimum atomic E-state index is 0.172. The van der Waals surface area contributed by atoms with Gasteiger partial charge in [0.2, 0.25) is 5.91 Å². The predicted molar refractivity (Wildman–Crippen MR) is 76.7 cm³/mol. The first-order chi connectivity index (χ1) is 9.08. The molecule has 2 N–H and O–H groups in total. The molecule has 0 bridgehead atoms. The summed E-state index contributed by atoms with van der Waals surface area (Å²) in [5.41, 5.74) is 8.23. The van der Waals surface area contributed by atoms with Crippen LogP contribution in [0.1, 0.15) is 44.1 Å². The highest BCUT2D eigenvalue weighted by Crippen LogP contribution is 2.28. The average Bonchev–Trinajstić information content (AvgIpc) is 2.79. The van der Waals surface area contributed by atoms with Gasteiger partial charge in [0.15, 0.2) is 0 Å². The largest absolute Gasteiger partial charge is 0.345 e. The molecule has 0 spiro atoms. The highest BCUT2D eigenvalue weighted by Gasteiger charge is 2.28. The molecule has 0 saturated carbocycles. The van der Waals surface area contributed by atoms with Crippen molar-refractivity contribution in [2.75, 3.05) is 13.1 Å². The number of nitrogens with zero attached hydrogens (tertiary/aromatic N) is 2. The van der Waals surface area contributed by atoms with Gasteiger partial charge in [0.25, 0.3) is 0 Å². The SMILES string of the molecule is CCC(CN)CC(=O)N1CCn2c(C)ccc2C1C. The molecule has 1 aromatic rings. The number of aryl methyl sites for hydroxylation is 1. The number of hydrogen-bond acceptors (Lipinski definition) is 2. The highest BCUT2D eigenvalue weighted by atomic mass is 16.2. The van der Waals surface area contributed by atoms with Crippen molar-refractivity contribution in [3.8, 4) is 0 Å². The number of carbonyl (C=O) groups is 1. The van der Waals surface area contributed by atoms with E-state index in [9.17, 15) is 4.79 Å². The monoisotopic (exact) mass is 263 g/mol. The summed E-state index contributed by atoms with van der Waals surface area (Å²) < 4.78 is 2.31. The van der Waals surface area contributed by atoms with Crippen molar-refractivity contribution in [2.24, 2.45) is 11.7 Å². The molecule has 0 aromatic carbocycles. The fourth-order valence-corrected chi connectivity index (χ4v) is 2.92. The molecule has 1 aromatic heterocycles. The molecule has 2 unspecified atom stereocenters. The van der Waals surface area contributed by atoms with Crippen molar-refractivity contribution < 1.29 is 4.79 Å². The van der Waals surface area contributed by atoms with Crippen LogP contribution in [0, 0.1) is 12.8 Å². The first-order valence-electron chi connectivity index (χ1n) is 7.24. The molecular weight excluding hydrogens is 238 g/mol. The van der Waals surface area contributed by atoms with Crippen LogP contribution in [0.25, 0.3) is 0 Å². The molecule has 1 amide bonds. The lowest BCUT2D eigenvalue weighted by Crippen LogP contribution is -2.42. The lowest BCUT2D eigenvalue weighted by atomic mass is 10.0. The standard InChI is InChI=1S/C15H25N3O/c1-4-13(10-16)9-15(19)18-8-7-17-11(2)5-6-14(17)12(18)3/h5-6,12-13H,4,7-10,16H2,1-3H3. The number of hydrogen-bond donors (Lipinski definition) is 1. The van der Waals surface area contributed by atoms with Crippen LogP contribution in [0.5, 0.6) is 0 Å². The van der Waals surface area contributed by atoms with Crippen molar-refractivity contribution in [2.45, 2.75) is 46.2 Å². The zero-order chi connectivity index (χ0) is 14.0. The second-order valence-corrected chi connectivity index (χ2v) is 5.53. The van der Waals surface area contributed by atoms with E-state index in [-0.39, 0.29) is 11.9 Å². The quantitative estimate of drug-likeness (QED) is 0.904. The molecule has 0 saturated heterocycles. The van der Waals surface area contributed by atoms with E-state index in [2.05, 4.69) is 37.5 Å². The fourth-order valence-electron chi connectivity index (χ4n) is 2.92. The third-order valence-electron chi connectivity index (χ3n) is 4.39. The van der Waals surface area contributed by atoms with E-state index >= 15 is 0 Å². The van der Waals surface area contributed by atoms with E-state index in [0.717, 1.165) is 19.5 Å². The zero-order valence-electron chi connectivity index (χ0n) is 12.2. The molecule has 4 heteroatoms. The Labute approximate surface area is 115 Å². The number of rotatable bonds is 4. The Morgan fingerprint density at radius 2 is 2.21 bits per heavy atom. The number of amides is 1. The number of carbonyl (C=O) groups excluding carboxylic acids is 1. The normalized spacial score (nSPS) is 20.2. The van der Waals surface area contributed by atoms with Crippen LogP contribution in [-0.2, 0) is 11.3 Å². The summed E-state index contributed by atoms with van der Waals surface area (Å²) in [5, 5.41) is 0. The first kappa shape index (κ1) is 14.1. The number of aromatic nitrogens is 1. The van der Waals surface area contributed by atoms with Crippen LogP contribution in [0.3, 0.4) is 0 Å². The number of fused-ring (bicyclic) bond motifs is 1. The maximum Gasteiger partial charge on any atom is 0.223 e. The Hall–Kier alpha value is -1.29.